The summed E-state index contributed by atoms with van der Waals surface area (Å²) in [6.07, 6.45) is 0. The molecule has 0 aliphatic rings. The van der Waals surface area contributed by atoms with Crippen LogP contribution in [0.5, 0.6) is 5.75 Å². The third-order valence-electron chi connectivity index (χ3n) is 1.12. The quantitative estimate of drug-likeness (QED) is 0.375. The van der Waals surface area contributed by atoms with Gasteiger partial charge in [0.25, 0.3) is 0 Å². The minimum absolute atomic E-state index is 0.390. The summed E-state index contributed by atoms with van der Waals surface area (Å²) in [4.78, 5) is 0. The fraction of sp³-hybridized carbons (Fsp3) is 0.143. The van der Waals surface area contributed by atoms with E-state index < -0.39 is 4.77 Å². The highest BCUT2D eigenvalue weighted by atomic mass is 32.2. The maximum absolute atomic E-state index is 5.46. The van der Waals surface area contributed by atoms with Crippen molar-refractivity contribution in [3.8, 4) is 5.75 Å². The molecular weight excluding hydrogens is 178 g/mol. The van der Waals surface area contributed by atoms with Gasteiger partial charge in [0, 0.05) is 5.69 Å². The first-order chi connectivity index (χ1) is 5.18. The summed E-state index contributed by atoms with van der Waals surface area (Å²) in [6.45, 7) is 0. The lowest BCUT2D eigenvalue weighted by Gasteiger charge is -2.07. The maximum atomic E-state index is 5.46. The molecule has 0 radical (unpaired) electrons. The average molecular weight is 187 g/mol. The van der Waals surface area contributed by atoms with Crippen molar-refractivity contribution in [3.05, 3.63) is 24.3 Å². The molecule has 1 rings (SSSR count). The molecule has 0 aromatic heterocycles. The molecule has 1 aromatic rings. The molecule has 0 amide bonds. The molecular formula is C7H9NOS2. The molecule has 0 heterocycles. The summed E-state index contributed by atoms with van der Waals surface area (Å²) in [5, 5.41) is 0. The molecule has 0 saturated heterocycles. The molecule has 60 valence electrons. The first-order valence-electron chi connectivity index (χ1n) is 3.07. The zero-order valence-electron chi connectivity index (χ0n) is 5.77. The second-order valence-corrected chi connectivity index (χ2v) is 3.36. The van der Waals surface area contributed by atoms with E-state index in [4.69, 9.17) is 10.5 Å². The normalized spacial score (nSPS) is 10.1. The Bertz CT molecular complexity index is 222. The Labute approximate surface area is 76.6 Å². The lowest BCUT2D eigenvalue weighted by molar-refractivity contribution is 0.369. The summed E-state index contributed by atoms with van der Waals surface area (Å²) < 4.78 is 4.75. The van der Waals surface area contributed by atoms with Gasteiger partial charge in [0.1, 0.15) is 5.75 Å². The second kappa shape index (κ2) is 3.78. The van der Waals surface area contributed by atoms with Crippen LogP contribution in [0.3, 0.4) is 0 Å². The highest BCUT2D eigenvalue weighted by Crippen LogP contribution is 2.16. The molecule has 0 atom stereocenters. The van der Waals surface area contributed by atoms with Gasteiger partial charge in [-0.1, -0.05) is 0 Å². The number of rotatable bonds is 2. The Kier molecular flexibility index (Phi) is 2.96. The topological polar surface area (TPSA) is 35.2 Å². The number of hydrogen-bond donors (Lipinski definition) is 3. The summed E-state index contributed by atoms with van der Waals surface area (Å²) in [5.74, 6) is 0.717. The van der Waals surface area contributed by atoms with Crippen molar-refractivity contribution in [1.29, 1.82) is 0 Å². The van der Waals surface area contributed by atoms with E-state index in [1.807, 2.05) is 0 Å². The third kappa shape index (κ3) is 2.95. The minimum Gasteiger partial charge on any atom is -0.470 e. The predicted molar refractivity (Wildman–Crippen MR) is 53.2 cm³/mol. The van der Waals surface area contributed by atoms with Gasteiger partial charge in [0.05, 0.1) is 0 Å². The number of benzene rings is 1. The molecule has 1 aromatic carbocycles. The molecule has 0 fully saturated rings. The van der Waals surface area contributed by atoms with Gasteiger partial charge >= 0.3 is 0 Å². The lowest BCUT2D eigenvalue weighted by atomic mass is 10.3. The Balaban J connectivity index is 2.66. The van der Waals surface area contributed by atoms with Crippen molar-refractivity contribution in [2.45, 2.75) is 4.77 Å². The molecule has 0 aliphatic carbocycles. The molecule has 4 heteroatoms. The van der Waals surface area contributed by atoms with Crippen molar-refractivity contribution in [1.82, 2.24) is 0 Å². The van der Waals surface area contributed by atoms with Crippen molar-refractivity contribution in [2.24, 2.45) is 0 Å². The summed E-state index contributed by atoms with van der Waals surface area (Å²) in [7, 11) is 0. The number of nitrogen functional groups attached to an aromatic ring is 1. The van der Waals surface area contributed by atoms with Crippen molar-refractivity contribution >= 4 is 30.9 Å². The van der Waals surface area contributed by atoms with Crippen LogP contribution < -0.4 is 10.5 Å². The molecule has 2 N–H and O–H groups in total. The van der Waals surface area contributed by atoms with E-state index in [0.717, 1.165) is 0 Å². The third-order valence-corrected chi connectivity index (χ3v) is 1.33. The van der Waals surface area contributed by atoms with Crippen molar-refractivity contribution in [2.75, 3.05) is 5.73 Å². The highest BCUT2D eigenvalue weighted by molar-refractivity contribution is 7.98. The minimum atomic E-state index is -0.390. The van der Waals surface area contributed by atoms with Crippen LogP contribution in [0.4, 0.5) is 5.69 Å². The van der Waals surface area contributed by atoms with Crippen LogP contribution in [0.25, 0.3) is 0 Å². The zero-order valence-corrected chi connectivity index (χ0v) is 7.56. The molecule has 2 nitrogen and oxygen atoms in total. The van der Waals surface area contributed by atoms with E-state index in [1.54, 1.807) is 24.3 Å². The average Bonchev–Trinajstić information content (AvgIpc) is 1.93. The zero-order chi connectivity index (χ0) is 8.27. The Hall–Kier alpha value is -0.480. The van der Waals surface area contributed by atoms with Crippen molar-refractivity contribution < 1.29 is 4.74 Å². The van der Waals surface area contributed by atoms with Crippen molar-refractivity contribution in [3.63, 3.8) is 0 Å². The Morgan fingerprint density at radius 2 is 1.73 bits per heavy atom. The molecule has 0 aliphatic heterocycles. The standard InChI is InChI=1S/C7H9NOS2/c8-5-1-3-6(4-2-5)9-7(10)11/h1-4,7,10-11H,8H2. The van der Waals surface area contributed by atoms with Crippen LogP contribution in [0, 0.1) is 0 Å². The van der Waals surface area contributed by atoms with Gasteiger partial charge in [-0.05, 0) is 24.3 Å². The van der Waals surface area contributed by atoms with Crippen LogP contribution in [0.2, 0.25) is 0 Å². The van der Waals surface area contributed by atoms with Crippen LogP contribution >= 0.6 is 25.3 Å². The van der Waals surface area contributed by atoms with E-state index in [9.17, 15) is 0 Å². The smallest absolute Gasteiger partial charge is 0.185 e. The van der Waals surface area contributed by atoms with Gasteiger partial charge in [0.15, 0.2) is 4.77 Å². The molecule has 0 saturated carbocycles. The van der Waals surface area contributed by atoms with Crippen LogP contribution in [0.1, 0.15) is 0 Å². The van der Waals surface area contributed by atoms with Gasteiger partial charge in [-0.15, -0.1) is 25.3 Å². The van der Waals surface area contributed by atoms with Gasteiger partial charge in [-0.3, -0.25) is 0 Å². The van der Waals surface area contributed by atoms with Gasteiger partial charge in [-0.25, -0.2) is 0 Å². The lowest BCUT2D eigenvalue weighted by Crippen LogP contribution is -1.99. The van der Waals surface area contributed by atoms with E-state index >= 15 is 0 Å². The number of ether oxygens (including phenoxy) is 1. The number of anilines is 1. The Morgan fingerprint density at radius 1 is 1.18 bits per heavy atom. The highest BCUT2D eigenvalue weighted by Gasteiger charge is 1.96. The van der Waals surface area contributed by atoms with E-state index in [1.165, 1.54) is 0 Å². The maximum Gasteiger partial charge on any atom is 0.185 e. The van der Waals surface area contributed by atoms with Gasteiger partial charge in [-0.2, -0.15) is 0 Å². The van der Waals surface area contributed by atoms with Crippen LogP contribution in [0.15, 0.2) is 24.3 Å². The predicted octanol–water partition coefficient (Wildman–Crippen LogP) is 1.79. The molecule has 11 heavy (non-hydrogen) atoms. The first kappa shape index (κ1) is 8.62. The summed E-state index contributed by atoms with van der Waals surface area (Å²) in [6, 6.07) is 7.07. The van der Waals surface area contributed by atoms with E-state index in [-0.39, 0.29) is 0 Å². The largest absolute Gasteiger partial charge is 0.470 e. The van der Waals surface area contributed by atoms with Gasteiger partial charge < -0.3 is 10.5 Å². The molecule has 0 unspecified atom stereocenters. The first-order valence-corrected chi connectivity index (χ1v) is 4.10. The number of thiol groups is 2. The van der Waals surface area contributed by atoms with Crippen LogP contribution in [-0.2, 0) is 0 Å². The number of nitrogens with two attached hydrogens (primary N) is 1. The molecule has 0 bridgehead atoms. The second-order valence-electron chi connectivity index (χ2n) is 2.01. The monoisotopic (exact) mass is 187 g/mol. The van der Waals surface area contributed by atoms with E-state index in [2.05, 4.69) is 25.3 Å². The SMILES string of the molecule is Nc1ccc(OC(S)S)cc1. The molecule has 0 spiro atoms. The van der Waals surface area contributed by atoms with E-state index in [0.29, 0.717) is 11.4 Å². The van der Waals surface area contributed by atoms with Gasteiger partial charge in [0.2, 0.25) is 0 Å². The van der Waals surface area contributed by atoms with Crippen LogP contribution in [-0.4, -0.2) is 4.77 Å². The fourth-order valence-corrected chi connectivity index (χ4v) is 0.912. The number of hydrogen-bond acceptors (Lipinski definition) is 4. The summed E-state index contributed by atoms with van der Waals surface area (Å²) >= 11 is 7.89. The Morgan fingerprint density at radius 3 is 2.18 bits per heavy atom. The summed E-state index contributed by atoms with van der Waals surface area (Å²) in [5.41, 5.74) is 6.18. The fourth-order valence-electron chi connectivity index (χ4n) is 0.668.